The standard InChI is InChI=1S/C23H28N4O3/c1-4-29-21-11-15(2)5-6-20(21)30-14-22(28)27-9-7-17(8-10-27)18-12-19-23(26-18)25-16(3)13-24-19/h5-6,11-13,17H,4,7-10,14H2,1-3H3,(H,25,26). The van der Waals surface area contributed by atoms with Gasteiger partial charge in [-0.15, -0.1) is 0 Å². The highest BCUT2D eigenvalue weighted by Crippen LogP contribution is 2.30. The molecule has 1 saturated heterocycles. The molecule has 1 amide bonds. The van der Waals surface area contributed by atoms with Crippen molar-refractivity contribution in [3.63, 3.8) is 0 Å². The summed E-state index contributed by atoms with van der Waals surface area (Å²) < 4.78 is 11.4. The highest BCUT2D eigenvalue weighted by molar-refractivity contribution is 5.78. The maximum absolute atomic E-state index is 12.7. The number of aromatic amines is 1. The number of piperidine rings is 1. The average Bonchev–Trinajstić information content (AvgIpc) is 3.16. The van der Waals surface area contributed by atoms with E-state index in [0.29, 0.717) is 37.1 Å². The first kappa shape index (κ1) is 20.2. The SMILES string of the molecule is CCOc1cc(C)ccc1OCC(=O)N1CCC(c2cc3ncc(C)nc3[nH]2)CC1. The maximum Gasteiger partial charge on any atom is 0.260 e. The number of likely N-dealkylation sites (tertiary alicyclic amines) is 1. The van der Waals surface area contributed by atoms with Crippen LogP contribution in [0.25, 0.3) is 11.2 Å². The van der Waals surface area contributed by atoms with Crippen molar-refractivity contribution in [2.45, 2.75) is 39.5 Å². The number of aromatic nitrogens is 3. The lowest BCUT2D eigenvalue weighted by atomic mass is 9.93. The van der Waals surface area contributed by atoms with E-state index in [1.165, 1.54) is 0 Å². The van der Waals surface area contributed by atoms with Gasteiger partial charge in [0.2, 0.25) is 0 Å². The number of amides is 1. The Hall–Kier alpha value is -3.09. The lowest BCUT2D eigenvalue weighted by Gasteiger charge is -2.31. The molecule has 3 aromatic rings. The molecular weight excluding hydrogens is 380 g/mol. The van der Waals surface area contributed by atoms with Crippen molar-refractivity contribution in [2.75, 3.05) is 26.3 Å². The number of carbonyl (C=O) groups excluding carboxylic acids is 1. The molecule has 4 rings (SSSR count). The third-order valence-corrected chi connectivity index (χ3v) is 5.51. The zero-order valence-electron chi connectivity index (χ0n) is 17.8. The monoisotopic (exact) mass is 408 g/mol. The van der Waals surface area contributed by atoms with E-state index in [4.69, 9.17) is 9.47 Å². The van der Waals surface area contributed by atoms with Crippen LogP contribution in [0.1, 0.15) is 42.6 Å². The first-order valence-corrected chi connectivity index (χ1v) is 10.5. The van der Waals surface area contributed by atoms with Crippen LogP contribution < -0.4 is 9.47 Å². The number of benzene rings is 1. The number of aryl methyl sites for hydroxylation is 2. The van der Waals surface area contributed by atoms with Gasteiger partial charge in [0.05, 0.1) is 12.3 Å². The summed E-state index contributed by atoms with van der Waals surface area (Å²) in [6.07, 6.45) is 3.60. The van der Waals surface area contributed by atoms with Crippen molar-refractivity contribution in [3.05, 3.63) is 47.4 Å². The van der Waals surface area contributed by atoms with Crippen LogP contribution in [0.3, 0.4) is 0 Å². The molecule has 7 nitrogen and oxygen atoms in total. The molecule has 1 aliphatic rings. The van der Waals surface area contributed by atoms with Crippen molar-refractivity contribution in [1.29, 1.82) is 0 Å². The normalized spacial score (nSPS) is 14.8. The van der Waals surface area contributed by atoms with Gasteiger partial charge in [-0.25, -0.2) is 4.98 Å². The number of carbonyl (C=O) groups is 1. The summed E-state index contributed by atoms with van der Waals surface area (Å²) in [6.45, 7) is 7.88. The molecule has 30 heavy (non-hydrogen) atoms. The molecule has 0 atom stereocenters. The number of ether oxygens (including phenoxy) is 2. The molecule has 0 bridgehead atoms. The topological polar surface area (TPSA) is 80.3 Å². The second-order valence-electron chi connectivity index (χ2n) is 7.80. The van der Waals surface area contributed by atoms with Crippen molar-refractivity contribution >= 4 is 17.1 Å². The molecule has 1 aliphatic heterocycles. The van der Waals surface area contributed by atoms with Crippen LogP contribution in [0.15, 0.2) is 30.5 Å². The van der Waals surface area contributed by atoms with Crippen LogP contribution in [0, 0.1) is 13.8 Å². The van der Waals surface area contributed by atoms with Gasteiger partial charge >= 0.3 is 0 Å². The first-order valence-electron chi connectivity index (χ1n) is 10.5. The number of hydrogen-bond acceptors (Lipinski definition) is 5. The quantitative estimate of drug-likeness (QED) is 0.672. The Morgan fingerprint density at radius 1 is 1.17 bits per heavy atom. The lowest BCUT2D eigenvalue weighted by Crippen LogP contribution is -2.40. The van der Waals surface area contributed by atoms with Gasteiger partial charge in [0, 0.05) is 30.9 Å². The largest absolute Gasteiger partial charge is 0.490 e. The van der Waals surface area contributed by atoms with E-state index in [1.807, 2.05) is 43.9 Å². The van der Waals surface area contributed by atoms with E-state index in [0.717, 1.165) is 41.0 Å². The van der Waals surface area contributed by atoms with Gasteiger partial charge < -0.3 is 19.4 Å². The van der Waals surface area contributed by atoms with Crippen LogP contribution >= 0.6 is 0 Å². The zero-order chi connectivity index (χ0) is 21.1. The predicted octanol–water partition coefficient (Wildman–Crippen LogP) is 3.76. The van der Waals surface area contributed by atoms with Crippen LogP contribution in [0.2, 0.25) is 0 Å². The number of fused-ring (bicyclic) bond motifs is 1. The Labute approximate surface area is 176 Å². The number of rotatable bonds is 6. The number of nitrogens with one attached hydrogen (secondary N) is 1. The van der Waals surface area contributed by atoms with Gasteiger partial charge in [0.15, 0.2) is 23.8 Å². The summed E-state index contributed by atoms with van der Waals surface area (Å²) in [5, 5.41) is 0. The molecule has 0 spiro atoms. The first-order chi connectivity index (χ1) is 14.5. The molecule has 0 radical (unpaired) electrons. The highest BCUT2D eigenvalue weighted by atomic mass is 16.5. The van der Waals surface area contributed by atoms with Crippen LogP contribution in [0.5, 0.6) is 11.5 Å². The fourth-order valence-corrected chi connectivity index (χ4v) is 3.90. The maximum atomic E-state index is 12.7. The van der Waals surface area contributed by atoms with Crippen LogP contribution in [-0.2, 0) is 4.79 Å². The van der Waals surface area contributed by atoms with Gasteiger partial charge in [0.25, 0.3) is 5.91 Å². The third kappa shape index (κ3) is 4.40. The van der Waals surface area contributed by atoms with E-state index in [2.05, 4.69) is 21.0 Å². The molecule has 3 heterocycles. The predicted molar refractivity (Wildman–Crippen MR) is 115 cm³/mol. The zero-order valence-corrected chi connectivity index (χ0v) is 17.8. The third-order valence-electron chi connectivity index (χ3n) is 5.51. The average molecular weight is 409 g/mol. The number of hydrogen-bond donors (Lipinski definition) is 1. The summed E-state index contributed by atoms with van der Waals surface area (Å²) in [4.78, 5) is 26.9. The molecule has 0 aliphatic carbocycles. The number of H-pyrrole nitrogens is 1. The highest BCUT2D eigenvalue weighted by Gasteiger charge is 2.25. The fraction of sp³-hybridized carbons (Fsp3) is 0.435. The second kappa shape index (κ2) is 8.73. The Morgan fingerprint density at radius 2 is 1.97 bits per heavy atom. The van der Waals surface area contributed by atoms with E-state index in [9.17, 15) is 4.79 Å². The van der Waals surface area contributed by atoms with Crippen LogP contribution in [-0.4, -0.2) is 52.1 Å². The van der Waals surface area contributed by atoms with Gasteiger partial charge in [-0.3, -0.25) is 9.78 Å². The fourth-order valence-electron chi connectivity index (χ4n) is 3.90. The molecule has 1 fully saturated rings. The van der Waals surface area contributed by atoms with Gasteiger partial charge in [-0.05, 0) is 57.4 Å². The lowest BCUT2D eigenvalue weighted by molar-refractivity contribution is -0.134. The molecule has 158 valence electrons. The number of nitrogens with zero attached hydrogens (tertiary/aromatic N) is 3. The van der Waals surface area contributed by atoms with Crippen LogP contribution in [0.4, 0.5) is 0 Å². The molecule has 7 heteroatoms. The van der Waals surface area contributed by atoms with Gasteiger partial charge in [0.1, 0.15) is 5.52 Å². The van der Waals surface area contributed by atoms with E-state index in [1.54, 1.807) is 6.20 Å². The van der Waals surface area contributed by atoms with Crippen molar-refractivity contribution < 1.29 is 14.3 Å². The smallest absolute Gasteiger partial charge is 0.260 e. The Balaban J connectivity index is 1.33. The minimum absolute atomic E-state index is 0.00655. The van der Waals surface area contributed by atoms with Gasteiger partial charge in [-0.1, -0.05) is 6.07 Å². The van der Waals surface area contributed by atoms with Crippen molar-refractivity contribution in [2.24, 2.45) is 0 Å². The molecule has 1 N–H and O–H groups in total. The minimum atomic E-state index is 0.00655. The summed E-state index contributed by atoms with van der Waals surface area (Å²) in [6, 6.07) is 7.83. The molecule has 1 aromatic carbocycles. The van der Waals surface area contributed by atoms with E-state index >= 15 is 0 Å². The second-order valence-corrected chi connectivity index (χ2v) is 7.80. The molecule has 0 saturated carbocycles. The Bertz CT molecular complexity index is 1040. The summed E-state index contributed by atoms with van der Waals surface area (Å²) >= 11 is 0. The van der Waals surface area contributed by atoms with Gasteiger partial charge in [-0.2, -0.15) is 0 Å². The molecule has 0 unspecified atom stereocenters. The Morgan fingerprint density at radius 3 is 2.73 bits per heavy atom. The summed E-state index contributed by atoms with van der Waals surface area (Å²) in [5.41, 5.74) is 4.87. The van der Waals surface area contributed by atoms with Crippen molar-refractivity contribution in [1.82, 2.24) is 19.9 Å². The molecular formula is C23H28N4O3. The Kier molecular flexibility index (Phi) is 5.88. The summed E-state index contributed by atoms with van der Waals surface area (Å²) in [5.74, 6) is 1.68. The van der Waals surface area contributed by atoms with E-state index < -0.39 is 0 Å². The minimum Gasteiger partial charge on any atom is -0.490 e. The van der Waals surface area contributed by atoms with E-state index in [-0.39, 0.29) is 12.5 Å². The molecule has 2 aromatic heterocycles. The summed E-state index contributed by atoms with van der Waals surface area (Å²) in [7, 11) is 0. The van der Waals surface area contributed by atoms with Crippen molar-refractivity contribution in [3.8, 4) is 11.5 Å².